The molecule has 0 bridgehead atoms. The van der Waals surface area contributed by atoms with E-state index in [-0.39, 0.29) is 133 Å². The van der Waals surface area contributed by atoms with Crippen LogP contribution in [-0.2, 0) is 28.9 Å². The molecule has 6 aromatic rings. The molecule has 17 nitrogen and oxygen atoms in total. The fraction of sp³-hybridized carbons (Fsp3) is 0. The molecule has 0 fully saturated rings. The minimum absolute atomic E-state index is 0. The number of hydrogen-bond donors (Lipinski definition) is 4. The van der Waals surface area contributed by atoms with Gasteiger partial charge in [-0.25, -0.2) is 8.42 Å². The second kappa shape index (κ2) is 20.9. The van der Waals surface area contributed by atoms with Gasteiger partial charge in [0.2, 0.25) is 0 Å². The van der Waals surface area contributed by atoms with Crippen LogP contribution < -0.4 is 99.2 Å². The zero-order valence-corrected chi connectivity index (χ0v) is 37.1. The van der Waals surface area contributed by atoms with E-state index in [2.05, 4.69) is 39.2 Å². The summed E-state index contributed by atoms with van der Waals surface area (Å²) in [5, 5.41) is 86.4. The van der Waals surface area contributed by atoms with E-state index in [0.29, 0.717) is 51.8 Å². The summed E-state index contributed by atoms with van der Waals surface area (Å²) in [5.74, 6) is -1.92. The van der Waals surface area contributed by atoms with Crippen molar-refractivity contribution in [2.24, 2.45) is 20.5 Å². The van der Waals surface area contributed by atoms with Crippen molar-refractivity contribution in [1.29, 1.82) is 0 Å². The van der Waals surface area contributed by atoms with Gasteiger partial charge in [-0.05, 0) is 82.6 Å². The van der Waals surface area contributed by atoms with Crippen LogP contribution in [0, 0.1) is 0 Å². The molecule has 0 unspecified atom stereocenters. The van der Waals surface area contributed by atoms with Crippen molar-refractivity contribution in [2.75, 3.05) is 0 Å². The molecule has 0 aliphatic heterocycles. The monoisotopic (exact) mass is 832 g/mol. The minimum Gasteiger partial charge on any atom is -0.744 e. The van der Waals surface area contributed by atoms with Gasteiger partial charge < -0.3 is 35.5 Å². The van der Waals surface area contributed by atoms with Gasteiger partial charge in [0, 0.05) is 4.90 Å². The molecule has 0 atom stereocenters. The molecule has 23 heteroatoms. The van der Waals surface area contributed by atoms with E-state index in [0.717, 1.165) is 17.2 Å². The van der Waals surface area contributed by atoms with Crippen molar-refractivity contribution in [3.63, 3.8) is 0 Å². The van der Waals surface area contributed by atoms with E-state index in [9.17, 15) is 43.9 Å². The van der Waals surface area contributed by atoms with Crippen LogP contribution in [0.25, 0.3) is 32.7 Å². The Morgan fingerprint density at radius 2 is 1.13 bits per heavy atom. The Bertz CT molecular complexity index is 2480. The standard InChI is InChI=1S/C32H22N4O13S3.3Na/c37-25-14-22(50-48-46-41)11-18-5-10-24(31(39)28(18)25)35-33-20-6-1-16(2-7-20)17-3-8-21(9-4-17)34-36-30-27(51-49-47-42)13-19-12-23(52(43,44)45)15-26(38)29(19)32(30)40;;;/h1-15,37-42H,(H,43,44,45);;;/q;3*+1/p-3. The van der Waals surface area contributed by atoms with E-state index in [1.807, 2.05) is 0 Å². The van der Waals surface area contributed by atoms with Gasteiger partial charge in [0.15, 0.2) is 11.5 Å². The fourth-order valence-corrected chi connectivity index (χ4v) is 6.48. The van der Waals surface area contributed by atoms with Crippen molar-refractivity contribution in [2.45, 2.75) is 14.7 Å². The third kappa shape index (κ3) is 11.2. The quantitative estimate of drug-likeness (QED) is 0.0252. The van der Waals surface area contributed by atoms with Gasteiger partial charge in [-0.15, -0.1) is 10.2 Å². The van der Waals surface area contributed by atoms with Gasteiger partial charge in [0.25, 0.3) is 0 Å². The number of rotatable bonds is 12. The summed E-state index contributed by atoms with van der Waals surface area (Å²) in [6.07, 6.45) is 0. The summed E-state index contributed by atoms with van der Waals surface area (Å²) >= 11 is 0.921. The molecule has 0 saturated carbocycles. The average molecular weight is 833 g/mol. The van der Waals surface area contributed by atoms with Crippen LogP contribution in [0.3, 0.4) is 0 Å². The largest absolute Gasteiger partial charge is 1.00 e. The first kappa shape index (κ1) is 47.0. The summed E-state index contributed by atoms with van der Waals surface area (Å²) in [7, 11) is -4.95. The van der Waals surface area contributed by atoms with Crippen LogP contribution in [0.2, 0.25) is 0 Å². The number of azo groups is 2. The van der Waals surface area contributed by atoms with Gasteiger partial charge in [0.05, 0.1) is 56.0 Å². The topological polar surface area (TPSA) is 271 Å². The smallest absolute Gasteiger partial charge is 0.744 e. The van der Waals surface area contributed by atoms with Gasteiger partial charge in [-0.2, -0.15) is 18.9 Å². The maximum Gasteiger partial charge on any atom is 1.00 e. The normalized spacial score (nSPS) is 11.5. The molecule has 6 aromatic carbocycles. The van der Waals surface area contributed by atoms with Crippen molar-refractivity contribution in [3.8, 4) is 34.1 Å². The summed E-state index contributed by atoms with van der Waals surface area (Å²) in [5.41, 5.74) is 2.24. The molecule has 0 radical (unpaired) electrons. The van der Waals surface area contributed by atoms with Crippen molar-refractivity contribution >= 4 is 78.5 Å². The predicted molar refractivity (Wildman–Crippen MR) is 179 cm³/mol. The molecule has 0 aliphatic carbocycles. The fourth-order valence-electron chi connectivity index (χ4n) is 5.02. The Labute approximate surface area is 385 Å². The zero-order chi connectivity index (χ0) is 37.0. The summed E-state index contributed by atoms with van der Waals surface area (Å²) < 4.78 is 43.1. The molecular formula is C32H19N4Na3O13S3. The molecule has 0 saturated heterocycles. The van der Waals surface area contributed by atoms with Crippen molar-refractivity contribution < 1.29 is 151 Å². The van der Waals surface area contributed by atoms with Crippen LogP contribution in [0.5, 0.6) is 23.0 Å². The van der Waals surface area contributed by atoms with Gasteiger partial charge in [-0.3, -0.25) is 10.1 Å². The third-order valence-electron chi connectivity index (χ3n) is 7.33. The van der Waals surface area contributed by atoms with E-state index in [1.165, 1.54) is 18.2 Å². The number of fused-ring (bicyclic) bond motifs is 2. The molecule has 266 valence electrons. The Kier molecular flexibility index (Phi) is 17.8. The van der Waals surface area contributed by atoms with Crippen LogP contribution in [0.15, 0.2) is 126 Å². The summed E-state index contributed by atoms with van der Waals surface area (Å²) in [4.78, 5) is -0.436. The van der Waals surface area contributed by atoms with E-state index in [1.54, 1.807) is 60.7 Å². The summed E-state index contributed by atoms with van der Waals surface area (Å²) in [6.45, 7) is 0. The molecule has 4 N–H and O–H groups in total. The van der Waals surface area contributed by atoms with E-state index < -0.39 is 26.5 Å². The van der Waals surface area contributed by atoms with Crippen molar-refractivity contribution in [1.82, 2.24) is 0 Å². The number of nitrogens with zero attached hydrogens (tertiary/aromatic N) is 4. The maximum atomic E-state index is 11.5. The summed E-state index contributed by atoms with van der Waals surface area (Å²) in [6, 6.07) is 22.5. The Morgan fingerprint density at radius 1 is 0.582 bits per heavy atom. The molecule has 0 aliphatic rings. The van der Waals surface area contributed by atoms with Gasteiger partial charge >= 0.3 is 88.7 Å². The second-order valence-corrected chi connectivity index (χ2v) is 13.4. The molecule has 0 heterocycles. The van der Waals surface area contributed by atoms with Crippen LogP contribution >= 0.6 is 24.1 Å². The van der Waals surface area contributed by atoms with Gasteiger partial charge in [-0.1, -0.05) is 30.3 Å². The molecule has 0 aromatic heterocycles. The third-order valence-corrected chi connectivity index (χ3v) is 9.31. The first-order chi connectivity index (χ1) is 25.0. The van der Waals surface area contributed by atoms with Crippen LogP contribution in [-0.4, -0.2) is 33.4 Å². The number of benzene rings is 6. The maximum absolute atomic E-state index is 11.5. The molecule has 0 amide bonds. The molecular weight excluding hydrogens is 814 g/mol. The Balaban J connectivity index is 0.00000271. The second-order valence-electron chi connectivity index (χ2n) is 10.5. The van der Waals surface area contributed by atoms with Gasteiger partial charge in [0.1, 0.15) is 33.0 Å². The molecule has 0 spiro atoms. The average Bonchev–Trinajstić information content (AvgIpc) is 3.12. The number of hydrogen-bond acceptors (Lipinski definition) is 19. The first-order valence-corrected chi connectivity index (χ1v) is 17.1. The zero-order valence-electron chi connectivity index (χ0n) is 28.6. The minimum atomic E-state index is -4.95. The van der Waals surface area contributed by atoms with Crippen LogP contribution in [0.1, 0.15) is 0 Å². The van der Waals surface area contributed by atoms with E-state index >= 15 is 0 Å². The molecule has 55 heavy (non-hydrogen) atoms. The molecule has 6 rings (SSSR count). The predicted octanol–water partition coefficient (Wildman–Crippen LogP) is -2.31. The SMILES string of the molecule is O=S(=O)([O-])c1cc(O)c2c(O)c(N=Nc3ccc(-c4ccc(N=Nc5ccc6cc(SOO[O-])cc(O)c6c5O)cc4)cc3)c(SOO[O-])cc2c1.[Na+].[Na+].[Na+]. The van der Waals surface area contributed by atoms with Crippen LogP contribution in [0.4, 0.5) is 22.7 Å². The first-order valence-electron chi connectivity index (χ1n) is 14.2. The number of aromatic hydroxyl groups is 4. The Morgan fingerprint density at radius 3 is 1.71 bits per heavy atom. The van der Waals surface area contributed by atoms with E-state index in [4.69, 9.17) is 0 Å². The Hall–Kier alpha value is -2.39. The number of phenols is 4. The number of phenolic OH excluding ortho intramolecular Hbond substituents is 4. The van der Waals surface area contributed by atoms with Crippen molar-refractivity contribution in [3.05, 3.63) is 91.0 Å².